The third-order valence-electron chi connectivity index (χ3n) is 3.33. The van der Waals surface area contributed by atoms with Gasteiger partial charge in [0, 0.05) is 15.8 Å². The SMILES string of the molecule is Cc1ccc(C(C(C)N)n2cnc3ccccc32)s1. The molecule has 3 rings (SSSR count). The summed E-state index contributed by atoms with van der Waals surface area (Å²) >= 11 is 1.80. The average Bonchev–Trinajstić information content (AvgIpc) is 2.98. The number of aromatic nitrogens is 2. The highest BCUT2D eigenvalue weighted by Gasteiger charge is 2.21. The third kappa shape index (κ3) is 2.17. The van der Waals surface area contributed by atoms with Gasteiger partial charge in [-0.1, -0.05) is 12.1 Å². The van der Waals surface area contributed by atoms with Crippen LogP contribution < -0.4 is 5.73 Å². The Hall–Kier alpha value is -1.65. The van der Waals surface area contributed by atoms with E-state index in [9.17, 15) is 0 Å². The van der Waals surface area contributed by atoms with E-state index in [1.54, 1.807) is 11.3 Å². The maximum absolute atomic E-state index is 6.22. The van der Waals surface area contributed by atoms with E-state index in [1.165, 1.54) is 9.75 Å². The molecule has 0 saturated carbocycles. The molecule has 0 amide bonds. The van der Waals surface area contributed by atoms with E-state index in [-0.39, 0.29) is 12.1 Å². The molecule has 98 valence electrons. The second-order valence-electron chi connectivity index (χ2n) is 4.89. The molecule has 0 aliphatic carbocycles. The number of rotatable bonds is 3. The van der Waals surface area contributed by atoms with Crippen LogP contribution in [0.1, 0.15) is 22.7 Å². The molecule has 0 bridgehead atoms. The first-order valence-corrected chi connectivity index (χ1v) is 7.22. The molecule has 0 radical (unpaired) electrons. The summed E-state index contributed by atoms with van der Waals surface area (Å²) in [7, 11) is 0. The molecule has 3 aromatic rings. The predicted octanol–water partition coefficient (Wildman–Crippen LogP) is 3.34. The summed E-state index contributed by atoms with van der Waals surface area (Å²) < 4.78 is 2.19. The fourth-order valence-corrected chi connectivity index (χ4v) is 3.55. The Kier molecular flexibility index (Phi) is 3.12. The van der Waals surface area contributed by atoms with Gasteiger partial charge in [0.15, 0.2) is 0 Å². The molecule has 0 aliphatic rings. The van der Waals surface area contributed by atoms with Crippen LogP contribution in [-0.2, 0) is 0 Å². The van der Waals surface area contributed by atoms with E-state index >= 15 is 0 Å². The zero-order valence-electron chi connectivity index (χ0n) is 11.1. The van der Waals surface area contributed by atoms with Gasteiger partial charge >= 0.3 is 0 Å². The molecule has 19 heavy (non-hydrogen) atoms. The summed E-state index contributed by atoms with van der Waals surface area (Å²) in [4.78, 5) is 7.06. The molecule has 0 saturated heterocycles. The van der Waals surface area contributed by atoms with Crippen molar-refractivity contribution in [2.75, 3.05) is 0 Å². The Morgan fingerprint density at radius 3 is 2.68 bits per heavy atom. The Balaban J connectivity index is 2.15. The van der Waals surface area contributed by atoms with Crippen molar-refractivity contribution in [1.82, 2.24) is 9.55 Å². The highest BCUT2D eigenvalue weighted by molar-refractivity contribution is 7.12. The number of nitrogens with zero attached hydrogens (tertiary/aromatic N) is 2. The first-order chi connectivity index (χ1) is 9.16. The zero-order valence-corrected chi connectivity index (χ0v) is 11.9. The lowest BCUT2D eigenvalue weighted by Crippen LogP contribution is -2.29. The monoisotopic (exact) mass is 271 g/mol. The van der Waals surface area contributed by atoms with Gasteiger partial charge in [-0.3, -0.25) is 0 Å². The molecule has 2 heterocycles. The number of benzene rings is 1. The number of para-hydroxylation sites is 2. The van der Waals surface area contributed by atoms with E-state index in [1.807, 2.05) is 24.5 Å². The Bertz CT molecular complexity index is 696. The van der Waals surface area contributed by atoms with E-state index < -0.39 is 0 Å². The van der Waals surface area contributed by atoms with Crippen LogP contribution >= 0.6 is 11.3 Å². The minimum Gasteiger partial charge on any atom is -0.326 e. The van der Waals surface area contributed by atoms with Gasteiger partial charge in [-0.2, -0.15) is 0 Å². The molecule has 4 heteroatoms. The fraction of sp³-hybridized carbons (Fsp3) is 0.267. The van der Waals surface area contributed by atoms with Crippen molar-refractivity contribution in [1.29, 1.82) is 0 Å². The number of aryl methyl sites for hydroxylation is 1. The van der Waals surface area contributed by atoms with Gasteiger partial charge in [0.05, 0.1) is 23.4 Å². The smallest absolute Gasteiger partial charge is 0.0964 e. The normalized spacial score (nSPS) is 14.7. The lowest BCUT2D eigenvalue weighted by molar-refractivity contribution is 0.514. The van der Waals surface area contributed by atoms with Crippen LogP contribution in [0.2, 0.25) is 0 Å². The summed E-state index contributed by atoms with van der Waals surface area (Å²) in [5.41, 5.74) is 8.37. The van der Waals surface area contributed by atoms with Gasteiger partial charge < -0.3 is 10.3 Å². The summed E-state index contributed by atoms with van der Waals surface area (Å²) in [5.74, 6) is 0. The van der Waals surface area contributed by atoms with Crippen LogP contribution in [0, 0.1) is 6.92 Å². The predicted molar refractivity (Wildman–Crippen MR) is 80.6 cm³/mol. The molecular weight excluding hydrogens is 254 g/mol. The molecule has 2 N–H and O–H groups in total. The first-order valence-electron chi connectivity index (χ1n) is 6.40. The second kappa shape index (κ2) is 4.79. The molecule has 0 fully saturated rings. The summed E-state index contributed by atoms with van der Waals surface area (Å²) in [6, 6.07) is 12.7. The number of imidazole rings is 1. The van der Waals surface area contributed by atoms with Crippen LogP contribution in [0.5, 0.6) is 0 Å². The largest absolute Gasteiger partial charge is 0.326 e. The Morgan fingerprint density at radius 2 is 2.00 bits per heavy atom. The van der Waals surface area contributed by atoms with Crippen molar-refractivity contribution >= 4 is 22.4 Å². The van der Waals surface area contributed by atoms with E-state index in [0.29, 0.717) is 0 Å². The molecule has 1 aromatic carbocycles. The number of thiophene rings is 1. The average molecular weight is 271 g/mol. The van der Waals surface area contributed by atoms with Crippen LogP contribution in [0.25, 0.3) is 11.0 Å². The summed E-state index contributed by atoms with van der Waals surface area (Å²) in [6.07, 6.45) is 1.90. The van der Waals surface area contributed by atoms with Crippen LogP contribution in [0.3, 0.4) is 0 Å². The van der Waals surface area contributed by atoms with E-state index in [2.05, 4.69) is 41.6 Å². The molecule has 2 aromatic heterocycles. The standard InChI is InChI=1S/C15H17N3S/c1-10-7-8-14(19-10)15(11(2)16)18-9-17-12-5-3-4-6-13(12)18/h3-9,11,15H,16H2,1-2H3. The maximum Gasteiger partial charge on any atom is 0.0964 e. The van der Waals surface area contributed by atoms with Crippen molar-refractivity contribution < 1.29 is 0 Å². The molecule has 3 nitrogen and oxygen atoms in total. The third-order valence-corrected chi connectivity index (χ3v) is 4.40. The molecule has 0 aliphatic heterocycles. The lowest BCUT2D eigenvalue weighted by atomic mass is 10.1. The minimum absolute atomic E-state index is 0.0376. The zero-order chi connectivity index (χ0) is 13.4. The minimum atomic E-state index is 0.0376. The molecule has 2 atom stereocenters. The van der Waals surface area contributed by atoms with Crippen molar-refractivity contribution in [2.24, 2.45) is 5.73 Å². The topological polar surface area (TPSA) is 43.8 Å². The second-order valence-corrected chi connectivity index (χ2v) is 6.21. The van der Waals surface area contributed by atoms with Crippen molar-refractivity contribution in [3.8, 4) is 0 Å². The summed E-state index contributed by atoms with van der Waals surface area (Å²) in [5, 5.41) is 0. The van der Waals surface area contributed by atoms with Gasteiger partial charge in [0.1, 0.15) is 0 Å². The number of hydrogen-bond donors (Lipinski definition) is 1. The quantitative estimate of drug-likeness (QED) is 0.794. The van der Waals surface area contributed by atoms with Crippen molar-refractivity contribution in [3.05, 3.63) is 52.5 Å². The van der Waals surface area contributed by atoms with Gasteiger partial charge in [-0.15, -0.1) is 11.3 Å². The van der Waals surface area contributed by atoms with Gasteiger partial charge in [0.2, 0.25) is 0 Å². The van der Waals surface area contributed by atoms with E-state index in [4.69, 9.17) is 5.73 Å². The molecule has 0 spiro atoms. The number of hydrogen-bond acceptors (Lipinski definition) is 3. The van der Waals surface area contributed by atoms with Crippen LogP contribution in [0.4, 0.5) is 0 Å². The number of nitrogens with two attached hydrogens (primary N) is 1. The van der Waals surface area contributed by atoms with Crippen LogP contribution in [0.15, 0.2) is 42.7 Å². The molecular formula is C15H17N3S. The van der Waals surface area contributed by atoms with Gasteiger partial charge in [-0.25, -0.2) is 4.98 Å². The van der Waals surface area contributed by atoms with Crippen molar-refractivity contribution in [2.45, 2.75) is 25.9 Å². The lowest BCUT2D eigenvalue weighted by Gasteiger charge is -2.22. The first kappa shape index (κ1) is 12.4. The highest BCUT2D eigenvalue weighted by atomic mass is 32.1. The molecule has 2 unspecified atom stereocenters. The van der Waals surface area contributed by atoms with E-state index in [0.717, 1.165) is 11.0 Å². The van der Waals surface area contributed by atoms with Crippen molar-refractivity contribution in [3.63, 3.8) is 0 Å². The Labute approximate surface area is 116 Å². The van der Waals surface area contributed by atoms with Gasteiger partial charge in [0.25, 0.3) is 0 Å². The van der Waals surface area contributed by atoms with Gasteiger partial charge in [-0.05, 0) is 38.1 Å². The summed E-state index contributed by atoms with van der Waals surface area (Å²) in [6.45, 7) is 4.17. The van der Waals surface area contributed by atoms with Crippen LogP contribution in [-0.4, -0.2) is 15.6 Å². The fourth-order valence-electron chi connectivity index (χ4n) is 2.46. The highest BCUT2D eigenvalue weighted by Crippen LogP contribution is 2.30. The Morgan fingerprint density at radius 1 is 1.21 bits per heavy atom. The number of fused-ring (bicyclic) bond motifs is 1. The maximum atomic E-state index is 6.22.